The minimum atomic E-state index is -3.32. The SMILES string of the molecule is COP(=O)(OC=Cc1c(C)cc(C)cc1C)c1ccccc1. The van der Waals surface area contributed by atoms with Gasteiger partial charge in [-0.2, -0.15) is 0 Å². The lowest BCUT2D eigenvalue weighted by molar-refractivity contribution is 0.312. The van der Waals surface area contributed by atoms with E-state index in [2.05, 4.69) is 19.1 Å². The van der Waals surface area contributed by atoms with Crippen molar-refractivity contribution >= 4 is 19.0 Å². The molecule has 1 unspecified atom stereocenters. The van der Waals surface area contributed by atoms with E-state index in [1.807, 2.05) is 38.1 Å². The minimum Gasteiger partial charge on any atom is -0.429 e. The molecule has 2 rings (SSSR count). The normalized spacial score (nSPS) is 14.0. The highest BCUT2D eigenvalue weighted by atomic mass is 31.2. The summed E-state index contributed by atoms with van der Waals surface area (Å²) in [5.74, 6) is 0. The van der Waals surface area contributed by atoms with Crippen LogP contribution in [0.3, 0.4) is 0 Å². The van der Waals surface area contributed by atoms with E-state index >= 15 is 0 Å². The first-order valence-corrected chi connectivity index (χ1v) is 8.65. The van der Waals surface area contributed by atoms with Crippen LogP contribution in [0.15, 0.2) is 48.7 Å². The van der Waals surface area contributed by atoms with E-state index in [9.17, 15) is 4.57 Å². The van der Waals surface area contributed by atoms with E-state index in [0.29, 0.717) is 5.30 Å². The van der Waals surface area contributed by atoms with Gasteiger partial charge in [0.1, 0.15) is 0 Å². The van der Waals surface area contributed by atoms with Gasteiger partial charge >= 0.3 is 7.60 Å². The van der Waals surface area contributed by atoms with Crippen LogP contribution in [0, 0.1) is 20.8 Å². The number of aryl methyl sites for hydroxylation is 3. The van der Waals surface area contributed by atoms with Crippen LogP contribution >= 0.6 is 7.60 Å². The first-order chi connectivity index (χ1) is 10.5. The summed E-state index contributed by atoms with van der Waals surface area (Å²) in [4.78, 5) is 0. The molecule has 0 aromatic heterocycles. The van der Waals surface area contributed by atoms with Crippen LogP contribution in [0.25, 0.3) is 6.08 Å². The zero-order chi connectivity index (χ0) is 16.2. The summed E-state index contributed by atoms with van der Waals surface area (Å²) in [7, 11) is -1.92. The molecule has 0 bridgehead atoms. The Hall–Kier alpha value is -1.83. The smallest absolute Gasteiger partial charge is 0.409 e. The molecule has 0 fully saturated rings. The second-order valence-electron chi connectivity index (χ2n) is 5.24. The maximum atomic E-state index is 12.7. The summed E-state index contributed by atoms with van der Waals surface area (Å²) in [5, 5.41) is 0.541. The van der Waals surface area contributed by atoms with Crippen molar-refractivity contribution in [2.24, 2.45) is 0 Å². The predicted octanol–water partition coefficient (Wildman–Crippen LogP) is 4.76. The Morgan fingerprint density at radius 2 is 1.59 bits per heavy atom. The zero-order valence-electron chi connectivity index (χ0n) is 13.4. The summed E-state index contributed by atoms with van der Waals surface area (Å²) in [6, 6.07) is 13.2. The molecular formula is C18H21O3P. The Bertz CT molecular complexity index is 697. The molecule has 0 N–H and O–H groups in total. The van der Waals surface area contributed by atoms with Crippen LogP contribution in [0.2, 0.25) is 0 Å². The third-order valence-electron chi connectivity index (χ3n) is 3.49. The molecule has 22 heavy (non-hydrogen) atoms. The summed E-state index contributed by atoms with van der Waals surface area (Å²) >= 11 is 0. The third-order valence-corrected chi connectivity index (χ3v) is 5.30. The average molecular weight is 316 g/mol. The average Bonchev–Trinajstić information content (AvgIpc) is 2.50. The number of hydrogen-bond acceptors (Lipinski definition) is 3. The van der Waals surface area contributed by atoms with Crippen LogP contribution in [0.1, 0.15) is 22.3 Å². The molecule has 3 nitrogen and oxygen atoms in total. The lowest BCUT2D eigenvalue weighted by Gasteiger charge is -2.15. The maximum absolute atomic E-state index is 12.7. The molecule has 0 amide bonds. The molecule has 0 heterocycles. The Kier molecular flexibility index (Phi) is 5.23. The van der Waals surface area contributed by atoms with Crippen molar-refractivity contribution < 1.29 is 13.6 Å². The van der Waals surface area contributed by atoms with Crippen molar-refractivity contribution in [2.75, 3.05) is 7.11 Å². The molecule has 1 atom stereocenters. The molecule has 0 aliphatic rings. The first kappa shape index (κ1) is 16.5. The number of benzene rings is 2. The van der Waals surface area contributed by atoms with E-state index in [-0.39, 0.29) is 0 Å². The summed E-state index contributed by atoms with van der Waals surface area (Å²) in [6.07, 6.45) is 3.29. The van der Waals surface area contributed by atoms with Gasteiger partial charge in [0, 0.05) is 7.11 Å². The molecular weight excluding hydrogens is 295 g/mol. The lowest BCUT2D eigenvalue weighted by Crippen LogP contribution is -2.06. The van der Waals surface area contributed by atoms with E-state index < -0.39 is 7.60 Å². The fourth-order valence-electron chi connectivity index (χ4n) is 2.45. The highest BCUT2D eigenvalue weighted by Crippen LogP contribution is 2.46. The maximum Gasteiger partial charge on any atom is 0.409 e. The number of rotatable bonds is 5. The predicted molar refractivity (Wildman–Crippen MR) is 91.5 cm³/mol. The minimum absolute atomic E-state index is 0.541. The largest absolute Gasteiger partial charge is 0.429 e. The molecule has 0 saturated heterocycles. The topological polar surface area (TPSA) is 35.5 Å². The van der Waals surface area contributed by atoms with Gasteiger partial charge in [-0.3, -0.25) is 4.52 Å². The summed E-state index contributed by atoms with van der Waals surface area (Å²) in [6.45, 7) is 6.16. The molecule has 116 valence electrons. The van der Waals surface area contributed by atoms with Crippen molar-refractivity contribution in [3.63, 3.8) is 0 Å². The van der Waals surface area contributed by atoms with Crippen LogP contribution in [0.4, 0.5) is 0 Å². The van der Waals surface area contributed by atoms with Crippen LogP contribution in [-0.2, 0) is 13.6 Å². The van der Waals surface area contributed by atoms with E-state index in [1.54, 1.807) is 12.1 Å². The fraction of sp³-hybridized carbons (Fsp3) is 0.222. The Labute approximate surface area is 132 Å². The van der Waals surface area contributed by atoms with Crippen molar-refractivity contribution in [3.05, 3.63) is 71.0 Å². The highest BCUT2D eigenvalue weighted by molar-refractivity contribution is 7.62. The molecule has 0 spiro atoms. The van der Waals surface area contributed by atoms with Crippen LogP contribution in [-0.4, -0.2) is 7.11 Å². The lowest BCUT2D eigenvalue weighted by atomic mass is 10.00. The Morgan fingerprint density at radius 1 is 1.00 bits per heavy atom. The van der Waals surface area contributed by atoms with E-state index in [0.717, 1.165) is 16.7 Å². The van der Waals surface area contributed by atoms with Gasteiger partial charge in [-0.25, -0.2) is 4.57 Å². The van der Waals surface area contributed by atoms with Gasteiger partial charge in [0.25, 0.3) is 0 Å². The van der Waals surface area contributed by atoms with Crippen molar-refractivity contribution in [1.29, 1.82) is 0 Å². The third kappa shape index (κ3) is 3.68. The Balaban J connectivity index is 2.23. The number of hydrogen-bond donors (Lipinski definition) is 0. The van der Waals surface area contributed by atoms with Crippen LogP contribution in [0.5, 0.6) is 0 Å². The van der Waals surface area contributed by atoms with Crippen molar-refractivity contribution in [1.82, 2.24) is 0 Å². The van der Waals surface area contributed by atoms with Gasteiger partial charge in [-0.15, -0.1) is 0 Å². The fourth-order valence-corrected chi connectivity index (χ4v) is 3.63. The Morgan fingerprint density at radius 3 is 2.14 bits per heavy atom. The van der Waals surface area contributed by atoms with Gasteiger partial charge in [0.15, 0.2) is 0 Å². The molecule has 2 aromatic carbocycles. The second-order valence-corrected chi connectivity index (χ2v) is 7.32. The zero-order valence-corrected chi connectivity index (χ0v) is 14.3. The molecule has 4 heteroatoms. The summed E-state index contributed by atoms with van der Waals surface area (Å²) in [5.41, 5.74) is 4.61. The van der Waals surface area contributed by atoms with Gasteiger partial charge in [-0.05, 0) is 55.7 Å². The standard InChI is InChI=1S/C18H21O3P/c1-14-12-15(2)18(16(3)13-14)10-11-21-22(19,20-4)17-8-6-5-7-9-17/h5-13H,1-4H3. The van der Waals surface area contributed by atoms with Crippen molar-refractivity contribution in [3.8, 4) is 0 Å². The van der Waals surface area contributed by atoms with Gasteiger partial charge < -0.3 is 4.52 Å². The molecule has 0 aliphatic carbocycles. The monoisotopic (exact) mass is 316 g/mol. The van der Waals surface area contributed by atoms with Crippen molar-refractivity contribution in [2.45, 2.75) is 20.8 Å². The quantitative estimate of drug-likeness (QED) is 0.589. The van der Waals surface area contributed by atoms with Gasteiger partial charge in [0.2, 0.25) is 0 Å². The van der Waals surface area contributed by atoms with E-state index in [1.165, 1.54) is 18.9 Å². The molecule has 0 radical (unpaired) electrons. The van der Waals surface area contributed by atoms with E-state index in [4.69, 9.17) is 9.05 Å². The van der Waals surface area contributed by atoms with Crippen LogP contribution < -0.4 is 5.30 Å². The molecule has 0 aliphatic heterocycles. The highest BCUT2D eigenvalue weighted by Gasteiger charge is 2.25. The molecule has 2 aromatic rings. The molecule has 0 saturated carbocycles. The first-order valence-electron chi connectivity index (χ1n) is 7.10. The van der Waals surface area contributed by atoms with Gasteiger partial charge in [0.05, 0.1) is 11.6 Å². The summed E-state index contributed by atoms with van der Waals surface area (Å²) < 4.78 is 23.3. The second kappa shape index (κ2) is 6.95. The van der Waals surface area contributed by atoms with Gasteiger partial charge in [-0.1, -0.05) is 35.9 Å².